The molecular formula is C17H15F2NO4. The van der Waals surface area contributed by atoms with Gasteiger partial charge in [0.25, 0.3) is 0 Å². The van der Waals surface area contributed by atoms with E-state index in [9.17, 15) is 18.4 Å². The van der Waals surface area contributed by atoms with E-state index in [4.69, 9.17) is 4.74 Å². The smallest absolute Gasteiger partial charge is 0.411 e. The number of nitrogens with one attached hydrogen (secondary N) is 1. The highest BCUT2D eigenvalue weighted by atomic mass is 19.2. The van der Waals surface area contributed by atoms with Crippen molar-refractivity contribution in [3.05, 3.63) is 65.2 Å². The zero-order valence-corrected chi connectivity index (χ0v) is 12.8. The van der Waals surface area contributed by atoms with E-state index in [0.29, 0.717) is 18.6 Å². The first-order chi connectivity index (χ1) is 11.5. The molecule has 0 aliphatic rings. The minimum Gasteiger partial charge on any atom is -0.465 e. The van der Waals surface area contributed by atoms with E-state index in [1.165, 1.54) is 0 Å². The lowest BCUT2D eigenvalue weighted by molar-refractivity contribution is 0.0601. The van der Waals surface area contributed by atoms with E-state index in [0.717, 1.165) is 12.7 Å². The summed E-state index contributed by atoms with van der Waals surface area (Å²) in [6, 6.07) is 10.7. The van der Waals surface area contributed by atoms with Crippen molar-refractivity contribution in [2.24, 2.45) is 0 Å². The monoisotopic (exact) mass is 335 g/mol. The second-order valence-corrected chi connectivity index (χ2v) is 4.80. The SMILES string of the molecule is COC(=O)c1cc(F)c(F)cc1NC(=O)OCCc1ccccc1. The fourth-order valence-electron chi connectivity index (χ4n) is 1.98. The number of rotatable bonds is 5. The molecule has 1 amide bonds. The average molecular weight is 335 g/mol. The molecule has 0 fully saturated rings. The molecule has 126 valence electrons. The molecule has 0 radical (unpaired) electrons. The first-order valence-electron chi connectivity index (χ1n) is 7.06. The molecule has 0 unspecified atom stereocenters. The summed E-state index contributed by atoms with van der Waals surface area (Å²) in [7, 11) is 1.09. The van der Waals surface area contributed by atoms with Gasteiger partial charge in [-0.25, -0.2) is 18.4 Å². The first-order valence-corrected chi connectivity index (χ1v) is 7.06. The lowest BCUT2D eigenvalue weighted by Crippen LogP contribution is -2.18. The van der Waals surface area contributed by atoms with Crippen molar-refractivity contribution in [3.8, 4) is 0 Å². The predicted molar refractivity (Wildman–Crippen MR) is 82.8 cm³/mol. The Hall–Kier alpha value is -2.96. The van der Waals surface area contributed by atoms with E-state index >= 15 is 0 Å². The number of amides is 1. The summed E-state index contributed by atoms with van der Waals surface area (Å²) in [5.74, 6) is -3.34. The van der Waals surface area contributed by atoms with Crippen molar-refractivity contribution in [2.75, 3.05) is 19.0 Å². The summed E-state index contributed by atoms with van der Waals surface area (Å²) >= 11 is 0. The summed E-state index contributed by atoms with van der Waals surface area (Å²) in [5.41, 5.74) is 0.440. The highest BCUT2D eigenvalue weighted by Gasteiger charge is 2.18. The Labute approximate surface area is 137 Å². The Morgan fingerprint density at radius 3 is 2.42 bits per heavy atom. The van der Waals surface area contributed by atoms with Gasteiger partial charge in [-0.1, -0.05) is 30.3 Å². The standard InChI is InChI=1S/C17H15F2NO4/c1-23-16(21)12-9-13(18)14(19)10-15(12)20-17(22)24-8-7-11-5-3-2-4-6-11/h2-6,9-10H,7-8H2,1H3,(H,20,22). The molecule has 7 heteroatoms. The number of anilines is 1. The summed E-state index contributed by atoms with van der Waals surface area (Å²) in [4.78, 5) is 23.3. The molecule has 0 saturated heterocycles. The molecule has 1 N–H and O–H groups in total. The van der Waals surface area contributed by atoms with Crippen LogP contribution < -0.4 is 5.32 Å². The molecule has 2 aromatic carbocycles. The van der Waals surface area contributed by atoms with Crippen LogP contribution in [0.3, 0.4) is 0 Å². The van der Waals surface area contributed by atoms with Gasteiger partial charge >= 0.3 is 12.1 Å². The molecule has 0 spiro atoms. The molecule has 5 nitrogen and oxygen atoms in total. The number of carbonyl (C=O) groups is 2. The number of hydrogen-bond acceptors (Lipinski definition) is 4. The van der Waals surface area contributed by atoms with Gasteiger partial charge in [0.1, 0.15) is 0 Å². The van der Waals surface area contributed by atoms with Crippen LogP contribution in [0.4, 0.5) is 19.3 Å². The van der Waals surface area contributed by atoms with Crippen molar-refractivity contribution >= 4 is 17.7 Å². The zero-order chi connectivity index (χ0) is 17.5. The summed E-state index contributed by atoms with van der Waals surface area (Å²) < 4.78 is 36.0. The molecular weight excluding hydrogens is 320 g/mol. The van der Waals surface area contributed by atoms with Crippen molar-refractivity contribution < 1.29 is 27.8 Å². The van der Waals surface area contributed by atoms with Gasteiger partial charge in [-0.3, -0.25) is 5.32 Å². The Morgan fingerprint density at radius 2 is 1.75 bits per heavy atom. The summed E-state index contributed by atoms with van der Waals surface area (Å²) in [6.07, 6.45) is -0.391. The quantitative estimate of drug-likeness (QED) is 0.849. The van der Waals surface area contributed by atoms with Gasteiger partial charge in [0.05, 0.1) is 25.0 Å². The Bertz CT molecular complexity index is 735. The number of hydrogen-bond donors (Lipinski definition) is 1. The molecule has 2 aromatic rings. The minimum atomic E-state index is -1.22. The molecule has 0 heterocycles. The van der Waals surface area contributed by atoms with Gasteiger partial charge in [0.2, 0.25) is 0 Å². The Kier molecular flexibility index (Phi) is 5.83. The van der Waals surface area contributed by atoms with Gasteiger partial charge in [-0.05, 0) is 11.6 Å². The van der Waals surface area contributed by atoms with Crippen molar-refractivity contribution in [2.45, 2.75) is 6.42 Å². The fourth-order valence-corrected chi connectivity index (χ4v) is 1.98. The molecule has 0 aliphatic heterocycles. The van der Waals surface area contributed by atoms with Crippen LogP contribution in [-0.4, -0.2) is 25.8 Å². The van der Waals surface area contributed by atoms with Gasteiger partial charge in [-0.15, -0.1) is 0 Å². The second-order valence-electron chi connectivity index (χ2n) is 4.80. The maximum Gasteiger partial charge on any atom is 0.411 e. The number of benzene rings is 2. The molecule has 24 heavy (non-hydrogen) atoms. The third kappa shape index (κ3) is 4.52. The van der Waals surface area contributed by atoms with Crippen LogP contribution in [0.2, 0.25) is 0 Å². The number of esters is 1. The third-order valence-electron chi connectivity index (χ3n) is 3.17. The highest BCUT2D eigenvalue weighted by Crippen LogP contribution is 2.21. The Morgan fingerprint density at radius 1 is 1.08 bits per heavy atom. The number of methoxy groups -OCH3 is 1. The molecule has 0 atom stereocenters. The van der Waals surface area contributed by atoms with Crippen molar-refractivity contribution in [1.82, 2.24) is 0 Å². The molecule has 0 bridgehead atoms. The second kappa shape index (κ2) is 8.05. The van der Waals surface area contributed by atoms with Crippen LogP contribution in [-0.2, 0) is 15.9 Å². The maximum absolute atomic E-state index is 13.3. The van der Waals surface area contributed by atoms with Gasteiger partial charge in [0.15, 0.2) is 11.6 Å². The van der Waals surface area contributed by atoms with E-state index in [2.05, 4.69) is 10.1 Å². The van der Waals surface area contributed by atoms with Gasteiger partial charge < -0.3 is 9.47 Å². The van der Waals surface area contributed by atoms with E-state index in [1.807, 2.05) is 30.3 Å². The maximum atomic E-state index is 13.3. The van der Waals surface area contributed by atoms with Crippen LogP contribution in [0, 0.1) is 11.6 Å². The van der Waals surface area contributed by atoms with Crippen LogP contribution in [0.25, 0.3) is 0 Å². The van der Waals surface area contributed by atoms with Crippen molar-refractivity contribution in [1.29, 1.82) is 0 Å². The summed E-state index contributed by atoms with van der Waals surface area (Å²) in [5, 5.41) is 2.21. The van der Waals surface area contributed by atoms with Gasteiger partial charge in [0, 0.05) is 12.5 Å². The van der Waals surface area contributed by atoms with Crippen LogP contribution in [0.5, 0.6) is 0 Å². The van der Waals surface area contributed by atoms with E-state index in [1.54, 1.807) is 0 Å². The van der Waals surface area contributed by atoms with Crippen LogP contribution in [0.15, 0.2) is 42.5 Å². The van der Waals surface area contributed by atoms with Crippen LogP contribution >= 0.6 is 0 Å². The third-order valence-corrected chi connectivity index (χ3v) is 3.17. The number of carbonyl (C=O) groups excluding carboxylic acids is 2. The Balaban J connectivity index is 2.00. The lowest BCUT2D eigenvalue weighted by Gasteiger charge is -2.11. The first kappa shape index (κ1) is 17.4. The van der Waals surface area contributed by atoms with Crippen LogP contribution in [0.1, 0.15) is 15.9 Å². The van der Waals surface area contributed by atoms with Gasteiger partial charge in [-0.2, -0.15) is 0 Å². The lowest BCUT2D eigenvalue weighted by atomic mass is 10.1. The normalized spacial score (nSPS) is 10.1. The summed E-state index contributed by atoms with van der Waals surface area (Å²) in [6.45, 7) is 0.0904. The van der Waals surface area contributed by atoms with E-state index < -0.39 is 23.7 Å². The average Bonchev–Trinajstić information content (AvgIpc) is 2.58. The number of ether oxygens (including phenoxy) is 2. The predicted octanol–water partition coefficient (Wildman–Crippen LogP) is 3.54. The number of halogens is 2. The molecule has 0 saturated carbocycles. The fraction of sp³-hybridized carbons (Fsp3) is 0.176. The topological polar surface area (TPSA) is 64.6 Å². The van der Waals surface area contributed by atoms with E-state index in [-0.39, 0.29) is 17.9 Å². The zero-order valence-electron chi connectivity index (χ0n) is 12.8. The minimum absolute atomic E-state index is 0.0904. The largest absolute Gasteiger partial charge is 0.465 e. The van der Waals surface area contributed by atoms with Crippen molar-refractivity contribution in [3.63, 3.8) is 0 Å². The molecule has 2 rings (SSSR count). The molecule has 0 aliphatic carbocycles. The molecule has 0 aromatic heterocycles. The highest BCUT2D eigenvalue weighted by molar-refractivity contribution is 5.99.